The molecule has 10 heavy (non-hydrogen) atoms. The number of ether oxygens (including phenoxy) is 1. The first-order valence-electron chi connectivity index (χ1n) is 2.50. The second-order valence-corrected chi connectivity index (χ2v) is 1.91. The number of carbonyl (C=O) groups is 1. The van der Waals surface area contributed by atoms with E-state index < -0.39 is 5.97 Å². The van der Waals surface area contributed by atoms with Crippen molar-refractivity contribution in [3.05, 3.63) is 0 Å². The molecule has 0 N–H and O–H groups in total. The van der Waals surface area contributed by atoms with Crippen LogP contribution in [0.2, 0.25) is 0 Å². The van der Waals surface area contributed by atoms with Crippen LogP contribution in [0.25, 0.3) is 0 Å². The van der Waals surface area contributed by atoms with Crippen molar-refractivity contribution in [3.63, 3.8) is 0 Å². The Bertz CT molecular complexity index is 146. The summed E-state index contributed by atoms with van der Waals surface area (Å²) >= 11 is 3.05. The van der Waals surface area contributed by atoms with Crippen molar-refractivity contribution in [1.29, 1.82) is 0 Å². The highest BCUT2D eigenvalue weighted by molar-refractivity contribution is 9.09. The highest BCUT2D eigenvalue weighted by atomic mass is 79.9. The molecule has 0 aromatic rings. The number of halogens is 1. The maximum absolute atomic E-state index is 10.7. The molecule has 0 aliphatic carbocycles. The highest BCUT2D eigenvalue weighted by Gasteiger charge is 2.09. The van der Waals surface area contributed by atoms with Crippen molar-refractivity contribution >= 4 is 27.6 Å². The van der Waals surface area contributed by atoms with E-state index >= 15 is 0 Å². The molecule has 5 heteroatoms. The zero-order chi connectivity index (χ0) is 7.98. The first-order valence-corrected chi connectivity index (χ1v) is 3.62. The van der Waals surface area contributed by atoms with Gasteiger partial charge >= 0.3 is 5.97 Å². The van der Waals surface area contributed by atoms with E-state index in [0.29, 0.717) is 5.33 Å². The number of hydrogen-bond donors (Lipinski definition) is 0. The summed E-state index contributed by atoms with van der Waals surface area (Å²) < 4.78 is 4.38. The fraction of sp³-hybridized carbons (Fsp3) is 0.600. The van der Waals surface area contributed by atoms with E-state index in [1.807, 2.05) is 0 Å². The van der Waals surface area contributed by atoms with E-state index in [1.165, 1.54) is 14.2 Å². The standard InChI is InChI=1S/C5H8BrNO3/c1-9-5(8)4(3-6)7-10-2/h3H2,1-2H3/b7-4+. The Morgan fingerprint density at radius 3 is 2.50 bits per heavy atom. The van der Waals surface area contributed by atoms with Crippen LogP contribution in [0.5, 0.6) is 0 Å². The van der Waals surface area contributed by atoms with E-state index in [1.54, 1.807) is 0 Å². The zero-order valence-corrected chi connectivity index (χ0v) is 7.34. The fourth-order valence-electron chi connectivity index (χ4n) is 0.344. The third kappa shape index (κ3) is 2.82. The minimum Gasteiger partial charge on any atom is -0.464 e. The molecule has 0 bridgehead atoms. The lowest BCUT2D eigenvalue weighted by atomic mass is 10.4. The first kappa shape index (κ1) is 9.42. The molecule has 0 rings (SSSR count). The Morgan fingerprint density at radius 2 is 2.20 bits per heavy atom. The minimum atomic E-state index is -0.487. The van der Waals surface area contributed by atoms with E-state index in [-0.39, 0.29) is 5.71 Å². The van der Waals surface area contributed by atoms with Crippen LogP contribution >= 0.6 is 15.9 Å². The van der Waals surface area contributed by atoms with Crippen LogP contribution in [0.4, 0.5) is 0 Å². The van der Waals surface area contributed by atoms with Gasteiger partial charge in [0, 0.05) is 0 Å². The monoisotopic (exact) mass is 209 g/mol. The van der Waals surface area contributed by atoms with E-state index in [9.17, 15) is 4.79 Å². The predicted octanol–water partition coefficient (Wildman–Crippen LogP) is 0.557. The molecule has 0 atom stereocenters. The van der Waals surface area contributed by atoms with Crippen molar-refractivity contribution < 1.29 is 14.4 Å². The quantitative estimate of drug-likeness (QED) is 0.296. The Kier molecular flexibility index (Phi) is 4.92. The van der Waals surface area contributed by atoms with Crippen LogP contribution in [0, 0.1) is 0 Å². The molecule has 0 spiro atoms. The summed E-state index contributed by atoms with van der Waals surface area (Å²) in [5, 5.41) is 3.74. The third-order valence-corrected chi connectivity index (χ3v) is 1.28. The van der Waals surface area contributed by atoms with Gasteiger partial charge < -0.3 is 9.57 Å². The summed E-state index contributed by atoms with van der Waals surface area (Å²) in [6.07, 6.45) is 0. The number of hydrogen-bond acceptors (Lipinski definition) is 4. The van der Waals surface area contributed by atoms with Gasteiger partial charge in [0.1, 0.15) is 7.11 Å². The van der Waals surface area contributed by atoms with Crippen LogP contribution in [0.1, 0.15) is 0 Å². The summed E-state index contributed by atoms with van der Waals surface area (Å²) in [4.78, 5) is 15.0. The molecule has 0 aliphatic heterocycles. The van der Waals surface area contributed by atoms with Gasteiger partial charge in [0.15, 0.2) is 5.71 Å². The Hall–Kier alpha value is -0.580. The molecule has 0 unspecified atom stereocenters. The van der Waals surface area contributed by atoms with Crippen molar-refractivity contribution in [2.75, 3.05) is 19.5 Å². The topological polar surface area (TPSA) is 47.9 Å². The maximum atomic E-state index is 10.7. The summed E-state index contributed by atoms with van der Waals surface area (Å²) in [6, 6.07) is 0. The molecule has 0 aromatic carbocycles. The molecular formula is C5H8BrNO3. The number of carbonyl (C=O) groups excluding carboxylic acids is 1. The number of methoxy groups -OCH3 is 1. The lowest BCUT2D eigenvalue weighted by Gasteiger charge is -1.97. The molecular weight excluding hydrogens is 202 g/mol. The number of rotatable bonds is 3. The summed E-state index contributed by atoms with van der Waals surface area (Å²) in [5.41, 5.74) is 0.213. The number of nitrogens with zero attached hydrogens (tertiary/aromatic N) is 1. The van der Waals surface area contributed by atoms with Crippen molar-refractivity contribution in [1.82, 2.24) is 0 Å². The Balaban J connectivity index is 4.06. The van der Waals surface area contributed by atoms with Gasteiger partial charge in [-0.25, -0.2) is 4.79 Å². The number of oxime groups is 1. The molecule has 0 saturated carbocycles. The average molecular weight is 210 g/mol. The van der Waals surface area contributed by atoms with Crippen molar-refractivity contribution in [2.24, 2.45) is 5.16 Å². The van der Waals surface area contributed by atoms with Gasteiger partial charge in [-0.2, -0.15) is 0 Å². The normalized spacial score (nSPS) is 10.9. The second-order valence-electron chi connectivity index (χ2n) is 1.35. The fourth-order valence-corrected chi connectivity index (χ4v) is 0.676. The van der Waals surface area contributed by atoms with Crippen LogP contribution < -0.4 is 0 Å². The van der Waals surface area contributed by atoms with Crippen LogP contribution in [0.3, 0.4) is 0 Å². The molecule has 0 amide bonds. The molecule has 0 aromatic heterocycles. The number of alkyl halides is 1. The lowest BCUT2D eigenvalue weighted by Crippen LogP contribution is -2.17. The van der Waals surface area contributed by atoms with Gasteiger partial charge in [0.05, 0.1) is 12.4 Å². The van der Waals surface area contributed by atoms with Crippen LogP contribution in [-0.2, 0) is 14.4 Å². The van der Waals surface area contributed by atoms with Gasteiger partial charge in [-0.05, 0) is 0 Å². The molecule has 0 fully saturated rings. The maximum Gasteiger partial charge on any atom is 0.356 e. The van der Waals surface area contributed by atoms with E-state index in [2.05, 4.69) is 30.7 Å². The van der Waals surface area contributed by atoms with E-state index in [0.717, 1.165) is 0 Å². The van der Waals surface area contributed by atoms with Crippen LogP contribution in [0.15, 0.2) is 5.16 Å². The smallest absolute Gasteiger partial charge is 0.356 e. The van der Waals surface area contributed by atoms with Crippen molar-refractivity contribution in [3.8, 4) is 0 Å². The Labute approximate surface area is 67.3 Å². The average Bonchev–Trinajstić information content (AvgIpc) is 1.99. The highest BCUT2D eigenvalue weighted by Crippen LogP contribution is 1.89. The Morgan fingerprint density at radius 1 is 1.60 bits per heavy atom. The second kappa shape index (κ2) is 5.22. The molecule has 4 nitrogen and oxygen atoms in total. The molecule has 0 saturated heterocycles. The summed E-state index contributed by atoms with van der Waals surface area (Å²) in [5.74, 6) is -0.487. The molecule has 0 aliphatic rings. The zero-order valence-electron chi connectivity index (χ0n) is 5.76. The molecule has 0 radical (unpaired) electrons. The first-order chi connectivity index (χ1) is 4.76. The van der Waals surface area contributed by atoms with Gasteiger partial charge in [-0.15, -0.1) is 0 Å². The van der Waals surface area contributed by atoms with Crippen molar-refractivity contribution in [2.45, 2.75) is 0 Å². The largest absolute Gasteiger partial charge is 0.464 e. The third-order valence-electron chi connectivity index (χ3n) is 0.749. The van der Waals surface area contributed by atoms with Gasteiger partial charge in [0.25, 0.3) is 0 Å². The SMILES string of the molecule is CO/N=C(\CBr)C(=O)OC. The molecule has 58 valence electrons. The number of esters is 1. The van der Waals surface area contributed by atoms with Gasteiger partial charge in [-0.1, -0.05) is 21.1 Å². The minimum absolute atomic E-state index is 0.213. The summed E-state index contributed by atoms with van der Waals surface area (Å²) in [6.45, 7) is 0. The molecule has 0 heterocycles. The van der Waals surface area contributed by atoms with Gasteiger partial charge in [0.2, 0.25) is 0 Å². The predicted molar refractivity (Wildman–Crippen MR) is 40.3 cm³/mol. The van der Waals surface area contributed by atoms with Crippen LogP contribution in [-0.4, -0.2) is 31.2 Å². The van der Waals surface area contributed by atoms with Gasteiger partial charge in [-0.3, -0.25) is 0 Å². The van der Waals surface area contributed by atoms with E-state index in [4.69, 9.17) is 0 Å². The summed E-state index contributed by atoms with van der Waals surface area (Å²) in [7, 11) is 2.65. The lowest BCUT2D eigenvalue weighted by molar-refractivity contribution is -0.132.